The van der Waals surface area contributed by atoms with E-state index in [9.17, 15) is 9.59 Å². The molecule has 1 aromatic carbocycles. The zero-order valence-electron chi connectivity index (χ0n) is 11.6. The summed E-state index contributed by atoms with van der Waals surface area (Å²) >= 11 is 6.27. The van der Waals surface area contributed by atoms with E-state index in [1.54, 1.807) is 36.4 Å². The highest BCUT2D eigenvalue weighted by Crippen LogP contribution is 2.33. The van der Waals surface area contributed by atoms with E-state index >= 15 is 0 Å². The molecule has 0 spiro atoms. The van der Waals surface area contributed by atoms with Crippen LogP contribution in [-0.2, 0) is 4.79 Å². The van der Waals surface area contributed by atoms with Crippen molar-refractivity contribution < 1.29 is 14.0 Å². The molecule has 0 radical (unpaired) electrons. The van der Waals surface area contributed by atoms with Crippen molar-refractivity contribution in [3.63, 3.8) is 0 Å². The van der Waals surface area contributed by atoms with Crippen LogP contribution < -0.4 is 0 Å². The molecule has 2 heterocycles. The van der Waals surface area contributed by atoms with Gasteiger partial charge in [-0.25, -0.2) is 4.90 Å². The van der Waals surface area contributed by atoms with Gasteiger partial charge in [0.2, 0.25) is 0 Å². The first-order valence-electron chi connectivity index (χ1n) is 6.49. The lowest BCUT2D eigenvalue weighted by Crippen LogP contribution is -2.34. The van der Waals surface area contributed by atoms with E-state index < -0.39 is 11.8 Å². The molecule has 1 aromatic heterocycles. The standard InChI is InChI=1S/C16H11NO3S2/c1-10-4-2-5-11(8-10)14(18)17-15(19)13(22-16(17)21)9-12-6-3-7-20-12/h2-9H,1H3/b13-9+. The largest absolute Gasteiger partial charge is 0.465 e. The van der Waals surface area contributed by atoms with E-state index in [-0.39, 0.29) is 4.32 Å². The zero-order chi connectivity index (χ0) is 15.7. The quantitative estimate of drug-likeness (QED) is 0.478. The van der Waals surface area contributed by atoms with Gasteiger partial charge in [-0.05, 0) is 31.2 Å². The number of furan rings is 1. The number of aryl methyl sites for hydroxylation is 1. The third kappa shape index (κ3) is 2.75. The second kappa shape index (κ2) is 5.90. The fraction of sp³-hybridized carbons (Fsp3) is 0.0625. The molecule has 2 amide bonds. The number of imide groups is 1. The topological polar surface area (TPSA) is 50.5 Å². The highest BCUT2D eigenvalue weighted by Gasteiger charge is 2.37. The van der Waals surface area contributed by atoms with Crippen molar-refractivity contribution >= 4 is 46.2 Å². The maximum atomic E-state index is 12.5. The van der Waals surface area contributed by atoms with Crippen LogP contribution in [0.3, 0.4) is 0 Å². The summed E-state index contributed by atoms with van der Waals surface area (Å²) in [4.78, 5) is 26.4. The second-order valence-electron chi connectivity index (χ2n) is 4.71. The van der Waals surface area contributed by atoms with E-state index in [1.807, 2.05) is 13.0 Å². The lowest BCUT2D eigenvalue weighted by molar-refractivity contribution is -0.120. The number of carbonyl (C=O) groups excluding carboxylic acids is 2. The first kappa shape index (κ1) is 14.7. The maximum absolute atomic E-state index is 12.5. The highest BCUT2D eigenvalue weighted by molar-refractivity contribution is 8.26. The molecule has 0 atom stereocenters. The second-order valence-corrected chi connectivity index (χ2v) is 6.38. The fourth-order valence-electron chi connectivity index (χ4n) is 2.05. The Balaban J connectivity index is 1.90. The van der Waals surface area contributed by atoms with Gasteiger partial charge >= 0.3 is 0 Å². The van der Waals surface area contributed by atoms with E-state index in [0.29, 0.717) is 16.2 Å². The Kier molecular flexibility index (Phi) is 3.96. The summed E-state index contributed by atoms with van der Waals surface area (Å²) in [6.45, 7) is 1.89. The van der Waals surface area contributed by atoms with Crippen LogP contribution in [0.4, 0.5) is 0 Å². The van der Waals surface area contributed by atoms with Crippen LogP contribution in [0, 0.1) is 6.92 Å². The van der Waals surface area contributed by atoms with Crippen molar-refractivity contribution in [3.8, 4) is 0 Å². The smallest absolute Gasteiger partial charge is 0.273 e. The lowest BCUT2D eigenvalue weighted by atomic mass is 10.1. The molecule has 1 aliphatic rings. The summed E-state index contributed by atoms with van der Waals surface area (Å²) in [5, 5.41) is 0. The van der Waals surface area contributed by atoms with Gasteiger partial charge in [0.25, 0.3) is 11.8 Å². The molecule has 0 aliphatic carbocycles. The molecule has 4 nitrogen and oxygen atoms in total. The molecule has 110 valence electrons. The van der Waals surface area contributed by atoms with Crippen molar-refractivity contribution in [2.24, 2.45) is 0 Å². The monoisotopic (exact) mass is 329 g/mol. The van der Waals surface area contributed by atoms with Gasteiger partial charge in [-0.2, -0.15) is 0 Å². The average Bonchev–Trinajstić information content (AvgIpc) is 3.08. The van der Waals surface area contributed by atoms with E-state index in [1.165, 1.54) is 6.26 Å². The summed E-state index contributed by atoms with van der Waals surface area (Å²) in [7, 11) is 0. The van der Waals surface area contributed by atoms with E-state index in [2.05, 4.69) is 0 Å². The molecule has 0 saturated carbocycles. The van der Waals surface area contributed by atoms with Gasteiger partial charge in [0.05, 0.1) is 11.2 Å². The number of thioether (sulfide) groups is 1. The van der Waals surface area contributed by atoms with Gasteiger partial charge in [0, 0.05) is 11.6 Å². The predicted molar refractivity (Wildman–Crippen MR) is 89.2 cm³/mol. The number of hydrogen-bond donors (Lipinski definition) is 0. The van der Waals surface area contributed by atoms with Crippen LogP contribution >= 0.6 is 24.0 Å². The Morgan fingerprint density at radius 3 is 2.82 bits per heavy atom. The van der Waals surface area contributed by atoms with Gasteiger partial charge in [-0.15, -0.1) is 0 Å². The number of amides is 2. The molecule has 0 N–H and O–H groups in total. The molecule has 2 aromatic rings. The summed E-state index contributed by atoms with van der Waals surface area (Å²) in [6, 6.07) is 10.5. The Morgan fingerprint density at radius 1 is 1.32 bits per heavy atom. The van der Waals surface area contributed by atoms with Gasteiger partial charge < -0.3 is 4.42 Å². The Morgan fingerprint density at radius 2 is 2.14 bits per heavy atom. The third-order valence-electron chi connectivity index (χ3n) is 3.08. The van der Waals surface area contributed by atoms with Gasteiger partial charge in [-0.1, -0.05) is 41.7 Å². The maximum Gasteiger partial charge on any atom is 0.273 e. The first-order valence-corrected chi connectivity index (χ1v) is 7.71. The number of thiocarbonyl (C=S) groups is 1. The molecule has 3 rings (SSSR count). The Labute approximate surface area is 136 Å². The van der Waals surface area contributed by atoms with Crippen LogP contribution in [0.5, 0.6) is 0 Å². The van der Waals surface area contributed by atoms with Crippen LogP contribution in [0.2, 0.25) is 0 Å². The molecule has 1 aliphatic heterocycles. The molecular formula is C16H11NO3S2. The third-order valence-corrected chi connectivity index (χ3v) is 4.38. The minimum Gasteiger partial charge on any atom is -0.465 e. The van der Waals surface area contributed by atoms with Crippen molar-refractivity contribution in [1.82, 2.24) is 4.90 Å². The van der Waals surface area contributed by atoms with Crippen molar-refractivity contribution in [3.05, 3.63) is 64.5 Å². The molecule has 0 unspecified atom stereocenters. The van der Waals surface area contributed by atoms with Crippen molar-refractivity contribution in [2.75, 3.05) is 0 Å². The summed E-state index contributed by atoms with van der Waals surface area (Å²) in [6.07, 6.45) is 3.10. The highest BCUT2D eigenvalue weighted by atomic mass is 32.2. The van der Waals surface area contributed by atoms with Crippen LogP contribution in [0.25, 0.3) is 6.08 Å². The fourth-order valence-corrected chi connectivity index (χ4v) is 3.29. The SMILES string of the molecule is Cc1cccc(C(=O)N2C(=O)/C(=C\c3ccco3)SC2=S)c1. The van der Waals surface area contributed by atoms with Crippen molar-refractivity contribution in [2.45, 2.75) is 6.92 Å². The number of nitrogens with zero attached hydrogens (tertiary/aromatic N) is 1. The van der Waals surface area contributed by atoms with Crippen LogP contribution in [0.15, 0.2) is 52.0 Å². The first-order chi connectivity index (χ1) is 10.6. The molecule has 22 heavy (non-hydrogen) atoms. The van der Waals surface area contributed by atoms with Gasteiger partial charge in [-0.3, -0.25) is 9.59 Å². The van der Waals surface area contributed by atoms with Gasteiger partial charge in [0.1, 0.15) is 5.76 Å². The number of rotatable bonds is 2. The predicted octanol–water partition coefficient (Wildman–Crippen LogP) is 3.63. The van der Waals surface area contributed by atoms with Crippen LogP contribution in [-0.4, -0.2) is 21.0 Å². The molecule has 0 bridgehead atoms. The molecule has 6 heteroatoms. The number of carbonyl (C=O) groups is 2. The summed E-state index contributed by atoms with van der Waals surface area (Å²) < 4.78 is 5.42. The van der Waals surface area contributed by atoms with Gasteiger partial charge in [0.15, 0.2) is 4.32 Å². The molecule has 1 fully saturated rings. The summed E-state index contributed by atoms with van der Waals surface area (Å²) in [5.41, 5.74) is 1.39. The Hall–Kier alpha value is -2.18. The average molecular weight is 329 g/mol. The minimum atomic E-state index is -0.419. The normalized spacial score (nSPS) is 16.6. The lowest BCUT2D eigenvalue weighted by Gasteiger charge is -2.12. The number of hydrogen-bond acceptors (Lipinski definition) is 5. The summed E-state index contributed by atoms with van der Waals surface area (Å²) in [5.74, 6) is -0.282. The van der Waals surface area contributed by atoms with E-state index in [4.69, 9.17) is 16.6 Å². The molecule has 1 saturated heterocycles. The van der Waals surface area contributed by atoms with Crippen molar-refractivity contribution in [1.29, 1.82) is 0 Å². The Bertz CT molecular complexity index is 793. The van der Waals surface area contributed by atoms with E-state index in [0.717, 1.165) is 22.2 Å². The molecular weight excluding hydrogens is 318 g/mol. The number of benzene rings is 1. The zero-order valence-corrected chi connectivity index (χ0v) is 13.2. The minimum absolute atomic E-state index is 0.231. The van der Waals surface area contributed by atoms with Crippen LogP contribution in [0.1, 0.15) is 21.7 Å².